The summed E-state index contributed by atoms with van der Waals surface area (Å²) in [6.45, 7) is 1.93. The number of carbonyl (C=O) groups excluding carboxylic acids is 2. The molecule has 0 saturated heterocycles. The molecule has 0 fully saturated rings. The van der Waals surface area contributed by atoms with Crippen molar-refractivity contribution in [3.05, 3.63) is 66.0 Å². The van der Waals surface area contributed by atoms with Crippen LogP contribution in [0.15, 0.2) is 59.8 Å². The molecule has 0 unspecified atom stereocenters. The van der Waals surface area contributed by atoms with Crippen LogP contribution in [0.3, 0.4) is 0 Å². The zero-order valence-corrected chi connectivity index (χ0v) is 16.3. The van der Waals surface area contributed by atoms with Gasteiger partial charge in [0.05, 0.1) is 5.25 Å². The Morgan fingerprint density at radius 2 is 1.83 bits per heavy atom. The van der Waals surface area contributed by atoms with Gasteiger partial charge in [0.15, 0.2) is 5.82 Å². The van der Waals surface area contributed by atoms with Crippen LogP contribution in [-0.2, 0) is 11.3 Å². The molecule has 0 radical (unpaired) electrons. The van der Waals surface area contributed by atoms with Gasteiger partial charge in [0, 0.05) is 12.1 Å². The van der Waals surface area contributed by atoms with Crippen LogP contribution in [0.5, 0.6) is 0 Å². The highest BCUT2D eigenvalue weighted by Crippen LogP contribution is 2.24. The van der Waals surface area contributed by atoms with E-state index in [1.54, 1.807) is 6.92 Å². The minimum absolute atomic E-state index is 0.289. The molecule has 29 heavy (non-hydrogen) atoms. The number of hydrogen-bond donors (Lipinski definition) is 3. The molecule has 4 N–H and O–H groups in total. The molecule has 1 aromatic heterocycles. The average molecular weight is 414 g/mol. The lowest BCUT2D eigenvalue weighted by molar-refractivity contribution is -0.119. The third-order valence-corrected chi connectivity index (χ3v) is 5.01. The van der Waals surface area contributed by atoms with Gasteiger partial charge in [-0.15, -0.1) is 10.2 Å². The molecule has 0 aliphatic rings. The molecule has 1 heterocycles. The van der Waals surface area contributed by atoms with Gasteiger partial charge in [0.25, 0.3) is 0 Å². The first-order chi connectivity index (χ1) is 13.9. The molecule has 3 amide bonds. The van der Waals surface area contributed by atoms with Crippen molar-refractivity contribution in [3.8, 4) is 11.4 Å². The van der Waals surface area contributed by atoms with Crippen LogP contribution in [0.1, 0.15) is 12.5 Å². The monoisotopic (exact) mass is 414 g/mol. The summed E-state index contributed by atoms with van der Waals surface area (Å²) in [4.78, 5) is 24.2. The van der Waals surface area contributed by atoms with Crippen LogP contribution in [0.25, 0.3) is 11.4 Å². The van der Waals surface area contributed by atoms with Gasteiger partial charge in [0.1, 0.15) is 5.82 Å². The van der Waals surface area contributed by atoms with Crippen LogP contribution in [0.4, 0.5) is 9.18 Å². The summed E-state index contributed by atoms with van der Waals surface area (Å²) in [6.07, 6.45) is 0. The molecular weight excluding hydrogens is 395 g/mol. The molecule has 3 aromatic rings. The van der Waals surface area contributed by atoms with Gasteiger partial charge < -0.3 is 11.2 Å². The zero-order chi connectivity index (χ0) is 20.8. The number of amides is 3. The predicted octanol–water partition coefficient (Wildman–Crippen LogP) is 2.30. The van der Waals surface area contributed by atoms with E-state index >= 15 is 0 Å². The van der Waals surface area contributed by atoms with E-state index in [1.807, 2.05) is 30.3 Å². The number of halogens is 1. The van der Waals surface area contributed by atoms with Gasteiger partial charge in [-0.3, -0.25) is 10.1 Å². The minimum Gasteiger partial charge on any atom is -0.335 e. The van der Waals surface area contributed by atoms with Crippen molar-refractivity contribution in [2.75, 3.05) is 5.84 Å². The van der Waals surface area contributed by atoms with Gasteiger partial charge in [0.2, 0.25) is 11.1 Å². The Balaban J connectivity index is 1.55. The number of hydrogen-bond acceptors (Lipinski definition) is 6. The zero-order valence-electron chi connectivity index (χ0n) is 15.5. The van der Waals surface area contributed by atoms with Gasteiger partial charge in [-0.05, 0) is 36.8 Å². The first kappa shape index (κ1) is 20.3. The van der Waals surface area contributed by atoms with Crippen molar-refractivity contribution in [2.24, 2.45) is 0 Å². The molecule has 0 spiro atoms. The van der Waals surface area contributed by atoms with E-state index in [9.17, 15) is 14.0 Å². The second-order valence-electron chi connectivity index (χ2n) is 6.10. The van der Waals surface area contributed by atoms with Crippen molar-refractivity contribution in [1.82, 2.24) is 25.5 Å². The average Bonchev–Trinajstić information content (AvgIpc) is 3.08. The smallest absolute Gasteiger partial charge is 0.321 e. The Hall–Kier alpha value is -3.40. The van der Waals surface area contributed by atoms with Gasteiger partial charge in [-0.1, -0.05) is 42.1 Å². The highest BCUT2D eigenvalue weighted by molar-refractivity contribution is 8.00. The quantitative estimate of drug-likeness (QED) is 0.421. The first-order valence-electron chi connectivity index (χ1n) is 8.69. The molecule has 2 aromatic carbocycles. The van der Waals surface area contributed by atoms with E-state index < -0.39 is 17.2 Å². The fourth-order valence-electron chi connectivity index (χ4n) is 2.40. The predicted molar refractivity (Wildman–Crippen MR) is 108 cm³/mol. The minimum atomic E-state index is -0.648. The summed E-state index contributed by atoms with van der Waals surface area (Å²) in [5, 5.41) is 12.5. The van der Waals surface area contributed by atoms with Crippen LogP contribution < -0.4 is 16.5 Å². The third kappa shape index (κ3) is 5.32. The van der Waals surface area contributed by atoms with Crippen LogP contribution in [-0.4, -0.2) is 32.1 Å². The number of imide groups is 1. The van der Waals surface area contributed by atoms with E-state index in [2.05, 4.69) is 20.8 Å². The van der Waals surface area contributed by atoms with E-state index in [1.165, 1.54) is 28.9 Å². The number of benzene rings is 2. The maximum Gasteiger partial charge on any atom is 0.321 e. The second-order valence-corrected chi connectivity index (χ2v) is 7.41. The number of aromatic nitrogens is 3. The Morgan fingerprint density at radius 3 is 2.52 bits per heavy atom. The number of urea groups is 1. The van der Waals surface area contributed by atoms with E-state index in [4.69, 9.17) is 5.84 Å². The van der Waals surface area contributed by atoms with Crippen molar-refractivity contribution in [1.29, 1.82) is 0 Å². The summed E-state index contributed by atoms with van der Waals surface area (Å²) >= 11 is 1.05. The molecule has 150 valence electrons. The summed E-state index contributed by atoms with van der Waals surface area (Å²) in [7, 11) is 0. The topological polar surface area (TPSA) is 115 Å². The third-order valence-electron chi connectivity index (χ3n) is 3.95. The first-order valence-corrected chi connectivity index (χ1v) is 9.57. The molecule has 3 rings (SSSR count). The number of nitrogens with two attached hydrogens (primary N) is 1. The lowest BCUT2D eigenvalue weighted by Crippen LogP contribution is -2.42. The Kier molecular flexibility index (Phi) is 6.45. The lowest BCUT2D eigenvalue weighted by atomic mass is 10.2. The number of nitrogens with one attached hydrogen (secondary N) is 2. The largest absolute Gasteiger partial charge is 0.335 e. The van der Waals surface area contributed by atoms with Crippen LogP contribution >= 0.6 is 11.8 Å². The molecule has 0 aliphatic carbocycles. The molecule has 8 nitrogen and oxygen atoms in total. The molecule has 0 saturated carbocycles. The van der Waals surface area contributed by atoms with Crippen molar-refractivity contribution >= 4 is 23.7 Å². The Morgan fingerprint density at radius 1 is 1.14 bits per heavy atom. The maximum absolute atomic E-state index is 13.1. The Labute approximate surface area is 170 Å². The summed E-state index contributed by atoms with van der Waals surface area (Å²) < 4.78 is 14.3. The number of nitrogens with zero attached hydrogens (tertiary/aromatic N) is 3. The molecule has 10 heteroatoms. The second kappa shape index (κ2) is 9.20. The van der Waals surface area contributed by atoms with Gasteiger partial charge in [-0.25, -0.2) is 13.9 Å². The Bertz CT molecular complexity index is 994. The highest BCUT2D eigenvalue weighted by atomic mass is 32.2. The van der Waals surface area contributed by atoms with Gasteiger partial charge >= 0.3 is 6.03 Å². The number of carbonyl (C=O) groups is 2. The molecule has 0 aliphatic heterocycles. The van der Waals surface area contributed by atoms with E-state index in [0.717, 1.165) is 17.3 Å². The molecular formula is C19H19FN6O2S. The summed E-state index contributed by atoms with van der Waals surface area (Å²) in [5.74, 6) is 5.47. The van der Waals surface area contributed by atoms with Crippen molar-refractivity contribution in [3.63, 3.8) is 0 Å². The lowest BCUT2D eigenvalue weighted by Gasteiger charge is -2.11. The number of nitrogen functional groups attached to an aromatic ring is 1. The van der Waals surface area contributed by atoms with E-state index in [-0.39, 0.29) is 11.0 Å². The van der Waals surface area contributed by atoms with Gasteiger partial charge in [-0.2, -0.15) is 0 Å². The SMILES string of the molecule is C[C@H](Sc1nnc(-c2ccc(F)cc2)n1N)C(=O)NC(=O)NCc1ccccc1. The maximum atomic E-state index is 13.1. The fourth-order valence-corrected chi connectivity index (χ4v) is 3.17. The number of thioether (sulfide) groups is 1. The molecule has 0 bridgehead atoms. The van der Waals surface area contributed by atoms with Crippen molar-refractivity contribution in [2.45, 2.75) is 23.9 Å². The van der Waals surface area contributed by atoms with Crippen molar-refractivity contribution < 1.29 is 14.0 Å². The summed E-state index contributed by atoms with van der Waals surface area (Å²) in [5.41, 5.74) is 1.51. The molecule has 1 atom stereocenters. The highest BCUT2D eigenvalue weighted by Gasteiger charge is 2.21. The van der Waals surface area contributed by atoms with E-state index in [0.29, 0.717) is 17.9 Å². The standard InChI is InChI=1S/C19H19FN6O2S/c1-12(17(27)23-18(28)22-11-13-5-3-2-4-6-13)29-19-25-24-16(26(19)21)14-7-9-15(20)10-8-14/h2-10,12H,11,21H2,1H3,(H2,22,23,27,28)/t12-/m0/s1. The van der Waals surface area contributed by atoms with Crippen LogP contribution in [0, 0.1) is 5.82 Å². The van der Waals surface area contributed by atoms with Crippen LogP contribution in [0.2, 0.25) is 0 Å². The summed E-state index contributed by atoms with van der Waals surface area (Å²) in [6, 6.07) is 14.4. The normalized spacial score (nSPS) is 11.7. The fraction of sp³-hybridized carbons (Fsp3) is 0.158. The number of rotatable bonds is 6.